The highest BCUT2D eigenvalue weighted by atomic mass is 35.5. The molecule has 0 bridgehead atoms. The van der Waals surface area contributed by atoms with Crippen molar-refractivity contribution in [3.05, 3.63) is 110 Å². The van der Waals surface area contributed by atoms with Crippen LogP contribution in [0.3, 0.4) is 0 Å². The summed E-state index contributed by atoms with van der Waals surface area (Å²) in [4.78, 5) is 25.3. The molecule has 2 N–H and O–H groups in total. The normalized spacial score (nSPS) is 14.2. The Kier molecular flexibility index (Phi) is 7.44. The van der Waals surface area contributed by atoms with Crippen molar-refractivity contribution in [2.75, 3.05) is 6.61 Å². The molecule has 34 heavy (non-hydrogen) atoms. The maximum Gasteiger partial charge on any atom is 0.274 e. The van der Waals surface area contributed by atoms with Crippen molar-refractivity contribution in [3.63, 3.8) is 0 Å². The summed E-state index contributed by atoms with van der Waals surface area (Å²) in [5.41, 5.74) is 0.785. The fourth-order valence-corrected chi connectivity index (χ4v) is 4.17. The fourth-order valence-electron chi connectivity index (χ4n) is 4.00. The van der Waals surface area contributed by atoms with Crippen LogP contribution in [0.2, 0.25) is 5.02 Å². The van der Waals surface area contributed by atoms with Crippen molar-refractivity contribution in [1.82, 2.24) is 5.32 Å². The zero-order valence-electron chi connectivity index (χ0n) is 19.7. The van der Waals surface area contributed by atoms with Crippen molar-refractivity contribution >= 4 is 23.2 Å². The van der Waals surface area contributed by atoms with E-state index in [1.54, 1.807) is 19.1 Å². The number of nitro benzene ring substituents is 1. The third kappa shape index (κ3) is 5.13. The van der Waals surface area contributed by atoms with E-state index in [2.05, 4.69) is 26.1 Å². The molecule has 0 fully saturated rings. The summed E-state index contributed by atoms with van der Waals surface area (Å²) in [6.45, 7) is 7.57. The molecule has 6 nitrogen and oxygen atoms in total. The van der Waals surface area contributed by atoms with Crippen LogP contribution >= 0.6 is 11.6 Å². The maximum atomic E-state index is 13.9. The average Bonchev–Trinajstić information content (AvgIpc) is 2.81. The zero-order valence-corrected chi connectivity index (χ0v) is 20.5. The summed E-state index contributed by atoms with van der Waals surface area (Å²) in [6.07, 6.45) is 0. The number of carbonyl (C=O) groups is 1. The van der Waals surface area contributed by atoms with Crippen LogP contribution in [0.15, 0.2) is 72.8 Å². The Morgan fingerprint density at radius 3 is 2.12 bits per heavy atom. The standard InChI is InChI=1S/C27H29ClN2O4/c1-26(2,3)19-10-12-20(13-11-19)27(4,22-16-21(28)14-15-24(22)30(33)34)25(32)29-23(17-31)18-8-6-5-7-9-18/h5-16,23,31H,17H2,1-4H3,(H,29,32)/t23-,27-/m0/s1. The quantitative estimate of drug-likeness (QED) is 0.335. The van der Waals surface area contributed by atoms with Gasteiger partial charge in [0.2, 0.25) is 5.91 Å². The number of hydrogen-bond donors (Lipinski definition) is 2. The van der Waals surface area contributed by atoms with Crippen molar-refractivity contribution in [3.8, 4) is 0 Å². The molecule has 0 saturated heterocycles. The van der Waals surface area contributed by atoms with Gasteiger partial charge in [-0.05, 0) is 41.2 Å². The summed E-state index contributed by atoms with van der Waals surface area (Å²) >= 11 is 6.24. The lowest BCUT2D eigenvalue weighted by molar-refractivity contribution is -0.385. The molecule has 0 aliphatic carbocycles. The molecule has 0 aliphatic rings. The first-order valence-electron chi connectivity index (χ1n) is 11.0. The summed E-state index contributed by atoms with van der Waals surface area (Å²) in [5.74, 6) is -0.482. The molecule has 178 valence electrons. The van der Waals surface area contributed by atoms with Gasteiger partial charge in [-0.15, -0.1) is 0 Å². The van der Waals surface area contributed by atoms with Gasteiger partial charge in [0.15, 0.2) is 0 Å². The molecule has 3 aromatic rings. The lowest BCUT2D eigenvalue weighted by Crippen LogP contribution is -2.45. The van der Waals surface area contributed by atoms with Crippen LogP contribution in [-0.2, 0) is 15.6 Å². The average molecular weight is 481 g/mol. The van der Waals surface area contributed by atoms with E-state index in [4.69, 9.17) is 11.6 Å². The first-order valence-corrected chi connectivity index (χ1v) is 11.4. The minimum Gasteiger partial charge on any atom is -0.394 e. The lowest BCUT2D eigenvalue weighted by Gasteiger charge is -2.32. The number of nitro groups is 1. The van der Waals surface area contributed by atoms with Gasteiger partial charge in [-0.1, -0.05) is 87.0 Å². The van der Waals surface area contributed by atoms with Crippen molar-refractivity contribution < 1.29 is 14.8 Å². The van der Waals surface area contributed by atoms with Crippen LogP contribution in [0.5, 0.6) is 0 Å². The number of carbonyl (C=O) groups excluding carboxylic acids is 1. The number of amides is 1. The molecule has 3 aromatic carbocycles. The molecule has 2 atom stereocenters. The van der Waals surface area contributed by atoms with Crippen LogP contribution < -0.4 is 5.32 Å². The summed E-state index contributed by atoms with van der Waals surface area (Å²) in [5, 5.41) is 25.1. The Bertz CT molecular complexity index is 1170. The molecule has 3 rings (SSSR count). The van der Waals surface area contributed by atoms with Gasteiger partial charge in [-0.25, -0.2) is 0 Å². The number of benzene rings is 3. The Balaban J connectivity index is 2.17. The Labute approximate surface area is 204 Å². The molecular formula is C27H29ClN2O4. The molecule has 7 heteroatoms. The molecule has 0 saturated carbocycles. The van der Waals surface area contributed by atoms with Gasteiger partial charge in [-0.2, -0.15) is 0 Å². The van der Waals surface area contributed by atoms with Gasteiger partial charge in [0, 0.05) is 11.1 Å². The minimum atomic E-state index is -1.45. The number of halogens is 1. The first kappa shape index (κ1) is 25.4. The van der Waals surface area contributed by atoms with Crippen LogP contribution in [-0.4, -0.2) is 22.5 Å². The van der Waals surface area contributed by atoms with Crippen LogP contribution in [0.4, 0.5) is 5.69 Å². The molecule has 0 spiro atoms. The number of nitrogens with one attached hydrogen (secondary N) is 1. The van der Waals surface area contributed by atoms with Gasteiger partial charge in [0.1, 0.15) is 5.41 Å². The first-order chi connectivity index (χ1) is 16.0. The van der Waals surface area contributed by atoms with Gasteiger partial charge in [0.05, 0.1) is 23.1 Å². The van der Waals surface area contributed by atoms with E-state index < -0.39 is 22.3 Å². The van der Waals surface area contributed by atoms with E-state index in [0.29, 0.717) is 5.56 Å². The smallest absolute Gasteiger partial charge is 0.274 e. The Hall–Kier alpha value is -3.22. The highest BCUT2D eigenvalue weighted by Gasteiger charge is 2.43. The molecule has 0 radical (unpaired) electrons. The minimum absolute atomic E-state index is 0.103. The molecule has 0 heterocycles. The number of rotatable bonds is 7. The molecule has 1 amide bonds. The highest BCUT2D eigenvalue weighted by molar-refractivity contribution is 6.30. The van der Waals surface area contributed by atoms with Crippen LogP contribution in [0.25, 0.3) is 0 Å². The number of hydrogen-bond acceptors (Lipinski definition) is 4. The molecule has 0 aliphatic heterocycles. The molecular weight excluding hydrogens is 452 g/mol. The fraction of sp³-hybridized carbons (Fsp3) is 0.296. The predicted molar refractivity (Wildman–Crippen MR) is 134 cm³/mol. The topological polar surface area (TPSA) is 92.5 Å². The monoisotopic (exact) mass is 480 g/mol. The van der Waals surface area contributed by atoms with E-state index in [9.17, 15) is 20.0 Å². The van der Waals surface area contributed by atoms with Gasteiger partial charge >= 0.3 is 0 Å². The second-order valence-corrected chi connectivity index (χ2v) is 9.93. The SMILES string of the molecule is CC(C)(C)c1ccc([C@](C)(C(=O)N[C@@H](CO)c2ccccc2)c2cc(Cl)ccc2[N+](=O)[O-])cc1. The number of nitrogens with zero attached hydrogens (tertiary/aromatic N) is 1. The van der Waals surface area contributed by atoms with E-state index in [-0.39, 0.29) is 28.3 Å². The Morgan fingerprint density at radius 1 is 1.00 bits per heavy atom. The zero-order chi connectivity index (χ0) is 25.1. The highest BCUT2D eigenvalue weighted by Crippen LogP contribution is 2.40. The van der Waals surface area contributed by atoms with Crippen molar-refractivity contribution in [2.45, 2.75) is 44.6 Å². The predicted octanol–water partition coefficient (Wildman–Crippen LogP) is 5.70. The van der Waals surface area contributed by atoms with Crippen LogP contribution in [0.1, 0.15) is 56.0 Å². The third-order valence-electron chi connectivity index (χ3n) is 6.17. The van der Waals surface area contributed by atoms with E-state index in [0.717, 1.165) is 11.1 Å². The number of aliphatic hydroxyl groups excluding tert-OH is 1. The van der Waals surface area contributed by atoms with Gasteiger partial charge in [-0.3, -0.25) is 14.9 Å². The second kappa shape index (κ2) is 9.95. The maximum absolute atomic E-state index is 13.9. The Morgan fingerprint density at radius 2 is 1.59 bits per heavy atom. The largest absolute Gasteiger partial charge is 0.394 e. The van der Waals surface area contributed by atoms with E-state index >= 15 is 0 Å². The number of aliphatic hydroxyl groups is 1. The molecule has 0 aromatic heterocycles. The van der Waals surface area contributed by atoms with Gasteiger partial charge in [0.25, 0.3) is 5.69 Å². The summed E-state index contributed by atoms with van der Waals surface area (Å²) in [7, 11) is 0. The lowest BCUT2D eigenvalue weighted by atomic mass is 9.73. The third-order valence-corrected chi connectivity index (χ3v) is 6.40. The van der Waals surface area contributed by atoms with E-state index in [1.165, 1.54) is 18.2 Å². The molecule has 0 unspecified atom stereocenters. The second-order valence-electron chi connectivity index (χ2n) is 9.49. The van der Waals surface area contributed by atoms with Crippen LogP contribution in [0, 0.1) is 10.1 Å². The summed E-state index contributed by atoms with van der Waals surface area (Å²) < 4.78 is 0. The van der Waals surface area contributed by atoms with Gasteiger partial charge < -0.3 is 10.4 Å². The summed E-state index contributed by atoms with van der Waals surface area (Å²) in [6, 6.07) is 20.1. The van der Waals surface area contributed by atoms with Crippen molar-refractivity contribution in [2.24, 2.45) is 0 Å². The van der Waals surface area contributed by atoms with Crippen molar-refractivity contribution in [1.29, 1.82) is 0 Å². The van der Waals surface area contributed by atoms with E-state index in [1.807, 2.05) is 42.5 Å².